The fourth-order valence-electron chi connectivity index (χ4n) is 2.41. The molecular weight excluding hydrogens is 312 g/mol. The van der Waals surface area contributed by atoms with E-state index in [0.717, 1.165) is 19.3 Å². The van der Waals surface area contributed by atoms with E-state index in [-0.39, 0.29) is 5.78 Å². The van der Waals surface area contributed by atoms with Crippen molar-refractivity contribution in [3.63, 3.8) is 0 Å². The zero-order valence-corrected chi connectivity index (χ0v) is 15.5. The van der Waals surface area contributed by atoms with Crippen LogP contribution in [0.15, 0.2) is 53.5 Å². The third-order valence-electron chi connectivity index (χ3n) is 3.85. The predicted octanol–water partition coefficient (Wildman–Crippen LogP) is 6.67. The maximum absolute atomic E-state index is 11.1. The van der Waals surface area contributed by atoms with Gasteiger partial charge in [-0.1, -0.05) is 56.1 Å². The lowest BCUT2D eigenvalue weighted by Crippen LogP contribution is -1.96. The van der Waals surface area contributed by atoms with E-state index >= 15 is 0 Å². The Balaban J connectivity index is 1.87. The molecule has 25 heavy (non-hydrogen) atoms. The predicted molar refractivity (Wildman–Crippen MR) is 104 cm³/mol. The Morgan fingerprint density at radius 3 is 2.40 bits per heavy atom. The number of rotatable bonds is 15. The van der Waals surface area contributed by atoms with Crippen LogP contribution in [0.2, 0.25) is 0 Å². The largest absolute Gasteiger partial charge is 0.465 e. The second-order valence-corrected chi connectivity index (χ2v) is 6.14. The van der Waals surface area contributed by atoms with E-state index in [0.29, 0.717) is 18.3 Å². The number of ether oxygens (including phenoxy) is 1. The van der Waals surface area contributed by atoms with Crippen molar-refractivity contribution in [1.82, 2.24) is 0 Å². The fraction of sp³-hybridized carbons (Fsp3) is 0.500. The summed E-state index contributed by atoms with van der Waals surface area (Å²) in [6, 6.07) is 3.36. The van der Waals surface area contributed by atoms with E-state index < -0.39 is 0 Å². The van der Waals surface area contributed by atoms with Crippen LogP contribution in [0.5, 0.6) is 5.95 Å². The van der Waals surface area contributed by atoms with Gasteiger partial charge in [-0.15, -0.1) is 6.58 Å². The molecular formula is C22H32O3. The molecule has 0 spiro atoms. The minimum Gasteiger partial charge on any atom is -0.465 e. The van der Waals surface area contributed by atoms with Crippen LogP contribution in [-0.2, 0) is 0 Å². The zero-order chi connectivity index (χ0) is 18.2. The van der Waals surface area contributed by atoms with Crippen LogP contribution in [-0.4, -0.2) is 12.4 Å². The first-order chi connectivity index (χ1) is 12.2. The number of carbonyl (C=O) groups is 1. The maximum Gasteiger partial charge on any atom is 0.284 e. The molecule has 3 heteroatoms. The fourth-order valence-corrected chi connectivity index (χ4v) is 2.41. The van der Waals surface area contributed by atoms with Crippen LogP contribution in [0.4, 0.5) is 0 Å². The maximum atomic E-state index is 11.1. The topological polar surface area (TPSA) is 39.4 Å². The first-order valence-electron chi connectivity index (χ1n) is 9.38. The van der Waals surface area contributed by atoms with Crippen LogP contribution in [0.1, 0.15) is 75.3 Å². The molecule has 0 radical (unpaired) electrons. The minimum absolute atomic E-state index is 0.0751. The van der Waals surface area contributed by atoms with Crippen molar-refractivity contribution in [3.8, 4) is 5.95 Å². The Morgan fingerprint density at radius 1 is 1.00 bits per heavy atom. The summed E-state index contributed by atoms with van der Waals surface area (Å²) in [5.41, 5.74) is 0. The van der Waals surface area contributed by atoms with Crippen LogP contribution in [0, 0.1) is 0 Å². The number of furan rings is 1. The van der Waals surface area contributed by atoms with E-state index in [1.165, 1.54) is 45.4 Å². The molecule has 0 aliphatic rings. The van der Waals surface area contributed by atoms with Gasteiger partial charge in [0.25, 0.3) is 5.95 Å². The van der Waals surface area contributed by atoms with Crippen molar-refractivity contribution in [1.29, 1.82) is 0 Å². The lowest BCUT2D eigenvalue weighted by atomic mass is 10.1. The summed E-state index contributed by atoms with van der Waals surface area (Å²) in [6.45, 7) is 5.82. The third-order valence-corrected chi connectivity index (χ3v) is 3.85. The molecule has 1 aromatic heterocycles. The molecule has 0 unspecified atom stereocenters. The van der Waals surface area contributed by atoms with Gasteiger partial charge in [0.2, 0.25) is 0 Å². The molecule has 0 saturated heterocycles. The highest BCUT2D eigenvalue weighted by molar-refractivity contribution is 5.91. The van der Waals surface area contributed by atoms with Gasteiger partial charge in [0, 0.05) is 13.0 Å². The number of carbonyl (C=O) groups excluding carboxylic acids is 1. The molecule has 0 saturated carbocycles. The quantitative estimate of drug-likeness (QED) is 0.203. The highest BCUT2D eigenvalue weighted by Crippen LogP contribution is 2.17. The van der Waals surface area contributed by atoms with Gasteiger partial charge in [0.05, 0.1) is 6.61 Å². The van der Waals surface area contributed by atoms with E-state index in [4.69, 9.17) is 9.15 Å². The number of Topliss-reactive ketones (excluding diaryl/α,β-unsaturated/α-hetero) is 1. The second-order valence-electron chi connectivity index (χ2n) is 6.14. The standard InChI is InChI=1S/C22H32O3/c1-3-4-5-6-7-8-9-10-11-12-13-14-15-16-19-24-22-18-17-21(25-22)20(2)23/h3,5-6,8-9,17-18H,1,4,7,10-16,19H2,2H3. The Bertz CT molecular complexity index is 537. The summed E-state index contributed by atoms with van der Waals surface area (Å²) >= 11 is 0. The lowest BCUT2D eigenvalue weighted by molar-refractivity contribution is 0.0978. The molecule has 3 nitrogen and oxygen atoms in total. The number of unbranched alkanes of at least 4 members (excludes halogenated alkanes) is 6. The molecule has 0 aliphatic heterocycles. The van der Waals surface area contributed by atoms with Crippen molar-refractivity contribution in [3.05, 3.63) is 54.9 Å². The summed E-state index contributed by atoms with van der Waals surface area (Å²) in [6.07, 6.45) is 21.2. The van der Waals surface area contributed by atoms with E-state index in [9.17, 15) is 4.79 Å². The highest BCUT2D eigenvalue weighted by atomic mass is 16.6. The molecule has 0 aliphatic carbocycles. The summed E-state index contributed by atoms with van der Waals surface area (Å²) in [4.78, 5) is 11.1. The zero-order valence-electron chi connectivity index (χ0n) is 15.5. The van der Waals surface area contributed by atoms with Crippen LogP contribution in [0.25, 0.3) is 0 Å². The molecule has 0 aromatic carbocycles. The van der Waals surface area contributed by atoms with Gasteiger partial charge in [0.15, 0.2) is 11.5 Å². The molecule has 1 heterocycles. The number of allylic oxidation sites excluding steroid dienone is 5. The molecule has 0 atom stereocenters. The second kappa shape index (κ2) is 14.3. The average molecular weight is 344 g/mol. The van der Waals surface area contributed by atoms with Gasteiger partial charge >= 0.3 is 0 Å². The van der Waals surface area contributed by atoms with Gasteiger partial charge < -0.3 is 9.15 Å². The van der Waals surface area contributed by atoms with Gasteiger partial charge in [-0.05, 0) is 38.2 Å². The number of hydrogen-bond donors (Lipinski definition) is 0. The van der Waals surface area contributed by atoms with Gasteiger partial charge in [-0.2, -0.15) is 0 Å². The van der Waals surface area contributed by atoms with Crippen molar-refractivity contribution in [2.24, 2.45) is 0 Å². The van der Waals surface area contributed by atoms with Crippen molar-refractivity contribution in [2.75, 3.05) is 6.61 Å². The molecule has 1 aromatic rings. The summed E-state index contributed by atoms with van der Waals surface area (Å²) in [5.74, 6) is 0.724. The van der Waals surface area contributed by atoms with E-state index in [1.54, 1.807) is 12.1 Å². The Morgan fingerprint density at radius 2 is 1.68 bits per heavy atom. The van der Waals surface area contributed by atoms with Gasteiger partial charge in [-0.25, -0.2) is 0 Å². The monoisotopic (exact) mass is 344 g/mol. The Labute approximate surface area is 152 Å². The SMILES string of the molecule is C=CCC=CCC=CCCCCCCCCOc1ccc(C(C)=O)o1. The van der Waals surface area contributed by atoms with Crippen molar-refractivity contribution < 1.29 is 13.9 Å². The number of ketones is 1. The smallest absolute Gasteiger partial charge is 0.284 e. The van der Waals surface area contributed by atoms with Gasteiger partial charge in [-0.3, -0.25) is 4.79 Å². The molecule has 0 fully saturated rings. The first kappa shape index (κ1) is 21.0. The van der Waals surface area contributed by atoms with Crippen molar-refractivity contribution in [2.45, 2.75) is 64.7 Å². The van der Waals surface area contributed by atoms with E-state index in [2.05, 4.69) is 30.9 Å². The molecule has 0 bridgehead atoms. The molecule has 1 rings (SSSR count). The summed E-state index contributed by atoms with van der Waals surface area (Å²) in [5, 5.41) is 0. The van der Waals surface area contributed by atoms with Crippen LogP contribution < -0.4 is 4.74 Å². The Hall–Kier alpha value is -2.03. The molecule has 0 amide bonds. The Kier molecular flexibility index (Phi) is 12.0. The first-order valence-corrected chi connectivity index (χ1v) is 9.38. The minimum atomic E-state index is -0.0751. The third kappa shape index (κ3) is 11.2. The van der Waals surface area contributed by atoms with E-state index in [1.807, 2.05) is 6.08 Å². The highest BCUT2D eigenvalue weighted by Gasteiger charge is 2.06. The summed E-state index contributed by atoms with van der Waals surface area (Å²) < 4.78 is 10.8. The van der Waals surface area contributed by atoms with Gasteiger partial charge in [0.1, 0.15) is 0 Å². The molecule has 138 valence electrons. The average Bonchev–Trinajstić information content (AvgIpc) is 3.07. The number of hydrogen-bond acceptors (Lipinski definition) is 3. The summed E-state index contributed by atoms with van der Waals surface area (Å²) in [7, 11) is 0. The van der Waals surface area contributed by atoms with Crippen LogP contribution >= 0.6 is 0 Å². The molecule has 0 N–H and O–H groups in total. The van der Waals surface area contributed by atoms with Crippen molar-refractivity contribution >= 4 is 5.78 Å². The van der Waals surface area contributed by atoms with Crippen LogP contribution in [0.3, 0.4) is 0 Å². The lowest BCUT2D eigenvalue weighted by Gasteiger charge is -2.03. The normalized spacial score (nSPS) is 11.4.